The number of tetrazole rings is 1. The van der Waals surface area contributed by atoms with E-state index in [-0.39, 0.29) is 5.91 Å². The number of benzene rings is 2. The van der Waals surface area contributed by atoms with Crippen molar-refractivity contribution in [1.82, 2.24) is 25.1 Å². The largest absolute Gasteiger partial charge is 0.337 e. The number of hydrogen-bond acceptors (Lipinski definition) is 4. The zero-order valence-corrected chi connectivity index (χ0v) is 13.2. The minimum atomic E-state index is -0.129. The van der Waals surface area contributed by atoms with E-state index in [4.69, 9.17) is 11.6 Å². The Morgan fingerprint density at radius 1 is 1.22 bits per heavy atom. The smallest absolute Gasteiger partial charge is 0.256 e. The minimum absolute atomic E-state index is 0.129. The summed E-state index contributed by atoms with van der Waals surface area (Å²) in [6.45, 7) is 0.511. The molecule has 2 aromatic carbocycles. The molecule has 7 heteroatoms. The van der Waals surface area contributed by atoms with Crippen LogP contribution < -0.4 is 0 Å². The van der Waals surface area contributed by atoms with E-state index >= 15 is 0 Å². The van der Waals surface area contributed by atoms with Crippen LogP contribution in [0.15, 0.2) is 54.9 Å². The average Bonchev–Trinajstić information content (AvgIpc) is 3.09. The summed E-state index contributed by atoms with van der Waals surface area (Å²) in [6, 6.07) is 14.8. The molecular weight excluding hydrogens is 314 g/mol. The third-order valence-electron chi connectivity index (χ3n) is 3.40. The third-order valence-corrected chi connectivity index (χ3v) is 3.63. The van der Waals surface area contributed by atoms with Crippen LogP contribution in [-0.2, 0) is 6.54 Å². The number of hydrogen-bond donors (Lipinski definition) is 0. The predicted molar refractivity (Wildman–Crippen MR) is 86.4 cm³/mol. The second-order valence-corrected chi connectivity index (χ2v) is 5.50. The van der Waals surface area contributed by atoms with E-state index in [0.29, 0.717) is 22.8 Å². The Hall–Kier alpha value is -2.73. The van der Waals surface area contributed by atoms with Crippen molar-refractivity contribution in [3.8, 4) is 5.69 Å². The quantitative estimate of drug-likeness (QED) is 0.739. The molecule has 23 heavy (non-hydrogen) atoms. The van der Waals surface area contributed by atoms with Gasteiger partial charge in [-0.3, -0.25) is 4.79 Å². The second kappa shape index (κ2) is 6.58. The molecule has 0 N–H and O–H groups in total. The summed E-state index contributed by atoms with van der Waals surface area (Å²) in [6.07, 6.45) is 1.43. The van der Waals surface area contributed by atoms with Crippen molar-refractivity contribution in [2.45, 2.75) is 6.54 Å². The number of carbonyl (C=O) groups is 1. The van der Waals surface area contributed by atoms with E-state index in [2.05, 4.69) is 15.5 Å². The summed E-state index contributed by atoms with van der Waals surface area (Å²) in [4.78, 5) is 14.4. The van der Waals surface area contributed by atoms with Gasteiger partial charge in [-0.1, -0.05) is 41.9 Å². The molecule has 0 aliphatic heterocycles. The number of halogens is 1. The lowest BCUT2D eigenvalue weighted by Gasteiger charge is -2.19. The molecule has 1 heterocycles. The van der Waals surface area contributed by atoms with E-state index in [1.165, 1.54) is 11.0 Å². The zero-order valence-electron chi connectivity index (χ0n) is 12.4. The van der Waals surface area contributed by atoms with Gasteiger partial charge in [0.1, 0.15) is 6.33 Å². The van der Waals surface area contributed by atoms with Gasteiger partial charge in [0.15, 0.2) is 0 Å². The van der Waals surface area contributed by atoms with E-state index < -0.39 is 0 Å². The Kier molecular flexibility index (Phi) is 4.34. The monoisotopic (exact) mass is 327 g/mol. The highest BCUT2D eigenvalue weighted by atomic mass is 35.5. The van der Waals surface area contributed by atoms with Gasteiger partial charge in [-0.15, -0.1) is 5.10 Å². The number of carbonyl (C=O) groups excluding carboxylic acids is 1. The Morgan fingerprint density at radius 3 is 2.70 bits per heavy atom. The molecular formula is C16H14ClN5O. The fourth-order valence-corrected chi connectivity index (χ4v) is 2.45. The van der Waals surface area contributed by atoms with Crippen molar-refractivity contribution in [2.24, 2.45) is 0 Å². The standard InChI is InChI=1S/C16H14ClN5O/c1-21(10-12-5-3-2-4-6-12)16(23)14-8-7-13(17)9-15(14)22-11-18-19-20-22/h2-9,11H,10H2,1H3. The zero-order chi connectivity index (χ0) is 16.2. The van der Waals surface area contributed by atoms with Crippen molar-refractivity contribution < 1.29 is 4.79 Å². The topological polar surface area (TPSA) is 63.9 Å². The minimum Gasteiger partial charge on any atom is -0.337 e. The molecule has 0 spiro atoms. The van der Waals surface area contributed by atoms with Crippen LogP contribution >= 0.6 is 11.6 Å². The lowest BCUT2D eigenvalue weighted by Crippen LogP contribution is -2.27. The SMILES string of the molecule is CN(Cc1ccccc1)C(=O)c1ccc(Cl)cc1-n1cnnn1. The lowest BCUT2D eigenvalue weighted by molar-refractivity contribution is 0.0785. The first-order valence-corrected chi connectivity index (χ1v) is 7.35. The van der Waals surface area contributed by atoms with E-state index in [1.54, 1.807) is 30.1 Å². The summed E-state index contributed by atoms with van der Waals surface area (Å²) in [7, 11) is 1.76. The molecule has 116 valence electrons. The van der Waals surface area contributed by atoms with Crippen LogP contribution in [0.5, 0.6) is 0 Å². The highest BCUT2D eigenvalue weighted by Gasteiger charge is 2.18. The van der Waals surface area contributed by atoms with Crippen LogP contribution in [0.1, 0.15) is 15.9 Å². The van der Waals surface area contributed by atoms with Crippen molar-refractivity contribution in [3.63, 3.8) is 0 Å². The van der Waals surface area contributed by atoms with Crippen LogP contribution in [0.2, 0.25) is 5.02 Å². The molecule has 1 amide bonds. The number of amides is 1. The number of aromatic nitrogens is 4. The number of rotatable bonds is 4. The summed E-state index contributed by atoms with van der Waals surface area (Å²) in [5.74, 6) is -0.129. The van der Waals surface area contributed by atoms with Gasteiger partial charge in [0, 0.05) is 18.6 Å². The molecule has 0 saturated heterocycles. The predicted octanol–water partition coefficient (Wildman–Crippen LogP) is 2.59. The fourth-order valence-electron chi connectivity index (χ4n) is 2.28. The normalized spacial score (nSPS) is 10.5. The molecule has 0 atom stereocenters. The highest BCUT2D eigenvalue weighted by molar-refractivity contribution is 6.31. The van der Waals surface area contributed by atoms with Gasteiger partial charge in [-0.25, -0.2) is 0 Å². The summed E-state index contributed by atoms with van der Waals surface area (Å²) >= 11 is 6.04. The molecule has 0 bridgehead atoms. The summed E-state index contributed by atoms with van der Waals surface area (Å²) in [5.41, 5.74) is 2.09. The van der Waals surface area contributed by atoms with E-state index in [1.807, 2.05) is 30.3 Å². The van der Waals surface area contributed by atoms with Crippen LogP contribution in [-0.4, -0.2) is 38.1 Å². The molecule has 0 aliphatic carbocycles. The summed E-state index contributed by atoms with van der Waals surface area (Å²) in [5, 5.41) is 11.6. The Morgan fingerprint density at radius 2 is 2.00 bits per heavy atom. The Labute approximate surface area is 138 Å². The average molecular weight is 328 g/mol. The van der Waals surface area contributed by atoms with Gasteiger partial charge in [0.25, 0.3) is 5.91 Å². The molecule has 3 aromatic rings. The first kappa shape index (κ1) is 15.2. The van der Waals surface area contributed by atoms with E-state index in [0.717, 1.165) is 5.56 Å². The van der Waals surface area contributed by atoms with Crippen molar-refractivity contribution in [1.29, 1.82) is 0 Å². The second-order valence-electron chi connectivity index (χ2n) is 5.06. The molecule has 0 aliphatic rings. The molecule has 0 radical (unpaired) electrons. The van der Waals surface area contributed by atoms with Gasteiger partial charge in [-0.2, -0.15) is 4.68 Å². The van der Waals surface area contributed by atoms with E-state index in [9.17, 15) is 4.79 Å². The molecule has 1 aromatic heterocycles. The Balaban J connectivity index is 1.90. The van der Waals surface area contributed by atoms with Gasteiger partial charge < -0.3 is 4.90 Å². The van der Waals surface area contributed by atoms with Gasteiger partial charge in [-0.05, 0) is 34.2 Å². The van der Waals surface area contributed by atoms with Crippen LogP contribution in [0.4, 0.5) is 0 Å². The molecule has 0 saturated carbocycles. The lowest BCUT2D eigenvalue weighted by atomic mass is 10.1. The molecule has 0 fully saturated rings. The maximum Gasteiger partial charge on any atom is 0.256 e. The first-order chi connectivity index (χ1) is 11.1. The van der Waals surface area contributed by atoms with Crippen LogP contribution in [0.25, 0.3) is 5.69 Å². The fraction of sp³-hybridized carbons (Fsp3) is 0.125. The molecule has 6 nitrogen and oxygen atoms in total. The van der Waals surface area contributed by atoms with Crippen LogP contribution in [0.3, 0.4) is 0 Å². The van der Waals surface area contributed by atoms with Gasteiger partial charge >= 0.3 is 0 Å². The first-order valence-electron chi connectivity index (χ1n) is 6.97. The maximum atomic E-state index is 12.8. The molecule has 3 rings (SSSR count). The number of nitrogens with zero attached hydrogens (tertiary/aromatic N) is 5. The Bertz CT molecular complexity index is 805. The summed E-state index contributed by atoms with van der Waals surface area (Å²) < 4.78 is 1.43. The van der Waals surface area contributed by atoms with Crippen molar-refractivity contribution in [2.75, 3.05) is 7.05 Å². The van der Waals surface area contributed by atoms with Gasteiger partial charge in [0.2, 0.25) is 0 Å². The van der Waals surface area contributed by atoms with Crippen LogP contribution in [0, 0.1) is 0 Å². The highest BCUT2D eigenvalue weighted by Crippen LogP contribution is 2.21. The van der Waals surface area contributed by atoms with Crippen molar-refractivity contribution >= 4 is 17.5 Å². The molecule has 0 unspecified atom stereocenters. The third kappa shape index (κ3) is 3.37. The van der Waals surface area contributed by atoms with Gasteiger partial charge in [0.05, 0.1) is 11.3 Å². The van der Waals surface area contributed by atoms with Crippen molar-refractivity contribution in [3.05, 3.63) is 71.0 Å². The maximum absolute atomic E-state index is 12.8.